The van der Waals surface area contributed by atoms with E-state index in [9.17, 15) is 9.90 Å². The highest BCUT2D eigenvalue weighted by atomic mass is 16.3. The zero-order valence-corrected chi connectivity index (χ0v) is 18.6. The second kappa shape index (κ2) is 8.33. The van der Waals surface area contributed by atoms with Crippen LogP contribution in [0.2, 0.25) is 0 Å². The number of nitrogens with zero attached hydrogens (tertiary/aromatic N) is 3. The number of nitrogens with one attached hydrogen (secondary N) is 1. The number of anilines is 1. The van der Waals surface area contributed by atoms with Gasteiger partial charge in [-0.25, -0.2) is 9.97 Å². The van der Waals surface area contributed by atoms with Crippen molar-refractivity contribution in [3.63, 3.8) is 0 Å². The molecule has 7 heteroatoms. The summed E-state index contributed by atoms with van der Waals surface area (Å²) in [5, 5.41) is 10.3. The minimum Gasteiger partial charge on any atom is -0.395 e. The minimum absolute atomic E-state index is 0.0541. The van der Waals surface area contributed by atoms with E-state index in [1.54, 1.807) is 24.3 Å². The predicted octanol–water partition coefficient (Wildman–Crippen LogP) is 3.74. The number of aromatic nitrogens is 3. The zero-order valence-electron chi connectivity index (χ0n) is 18.6. The zero-order chi connectivity index (χ0) is 23.0. The molecule has 7 nitrogen and oxygen atoms in total. The Morgan fingerprint density at radius 1 is 1.12 bits per heavy atom. The molecule has 33 heavy (non-hydrogen) atoms. The fourth-order valence-electron chi connectivity index (χ4n) is 4.83. The van der Waals surface area contributed by atoms with E-state index in [2.05, 4.69) is 45.4 Å². The standard InChI is InChI=1S/C26H27N5O2/c1-31(11-12-32)24(33)18-5-8-23-21(13-18)22(16-28-23)26(9-2-10-26)20-6-3-17(4-7-20)19-14-29-25(27)30-15-19/h3-8,13-16,28,32H,2,9-12H2,1H3,(H2,27,29,30). The van der Waals surface area contributed by atoms with Gasteiger partial charge in [0.25, 0.3) is 5.91 Å². The van der Waals surface area contributed by atoms with Crippen LogP contribution in [-0.4, -0.2) is 51.1 Å². The van der Waals surface area contributed by atoms with Gasteiger partial charge in [0.2, 0.25) is 5.95 Å². The van der Waals surface area contributed by atoms with Gasteiger partial charge in [0.15, 0.2) is 0 Å². The molecule has 1 aliphatic rings. The first-order valence-electron chi connectivity index (χ1n) is 11.2. The Bertz CT molecular complexity index is 1290. The lowest BCUT2D eigenvalue weighted by atomic mass is 9.60. The third kappa shape index (κ3) is 3.64. The van der Waals surface area contributed by atoms with E-state index in [0.29, 0.717) is 12.1 Å². The van der Waals surface area contributed by atoms with Crippen LogP contribution in [0.5, 0.6) is 0 Å². The molecule has 0 bridgehead atoms. The summed E-state index contributed by atoms with van der Waals surface area (Å²) in [7, 11) is 1.71. The summed E-state index contributed by atoms with van der Waals surface area (Å²) in [5.41, 5.74) is 11.7. The normalized spacial score (nSPS) is 14.7. The van der Waals surface area contributed by atoms with Crippen molar-refractivity contribution in [1.82, 2.24) is 19.9 Å². The van der Waals surface area contributed by atoms with Crippen molar-refractivity contribution < 1.29 is 9.90 Å². The Labute approximate surface area is 192 Å². The second-order valence-electron chi connectivity index (χ2n) is 8.76. The maximum absolute atomic E-state index is 12.8. The van der Waals surface area contributed by atoms with E-state index in [4.69, 9.17) is 5.73 Å². The molecule has 0 saturated heterocycles. The summed E-state index contributed by atoms with van der Waals surface area (Å²) in [4.78, 5) is 25.9. The molecule has 1 amide bonds. The number of nitrogens with two attached hydrogens (primary N) is 1. The number of likely N-dealkylation sites (N-methyl/N-ethyl adjacent to an activating group) is 1. The largest absolute Gasteiger partial charge is 0.395 e. The summed E-state index contributed by atoms with van der Waals surface area (Å²) in [6.07, 6.45) is 8.86. The topological polar surface area (TPSA) is 108 Å². The molecule has 0 radical (unpaired) electrons. The Balaban J connectivity index is 1.52. The number of aliphatic hydroxyl groups is 1. The smallest absolute Gasteiger partial charge is 0.253 e. The van der Waals surface area contributed by atoms with Crippen molar-refractivity contribution >= 4 is 22.8 Å². The van der Waals surface area contributed by atoms with Gasteiger partial charge in [-0.3, -0.25) is 4.79 Å². The van der Waals surface area contributed by atoms with Gasteiger partial charge in [0.1, 0.15) is 0 Å². The number of carbonyl (C=O) groups is 1. The molecule has 4 aromatic rings. The fourth-order valence-corrected chi connectivity index (χ4v) is 4.83. The SMILES string of the molecule is CN(CCO)C(=O)c1ccc2[nH]cc(C3(c4ccc(-c5cnc(N)nc5)cc4)CCC3)c2c1. The monoisotopic (exact) mass is 441 g/mol. The van der Waals surface area contributed by atoms with E-state index in [1.165, 1.54) is 11.1 Å². The fraction of sp³-hybridized carbons (Fsp3) is 0.269. The summed E-state index contributed by atoms with van der Waals surface area (Å²) in [6.45, 7) is 0.258. The van der Waals surface area contributed by atoms with Crippen molar-refractivity contribution in [3.8, 4) is 11.1 Å². The van der Waals surface area contributed by atoms with Gasteiger partial charge in [-0.15, -0.1) is 0 Å². The number of amides is 1. The number of hydrogen-bond acceptors (Lipinski definition) is 5. The van der Waals surface area contributed by atoms with Gasteiger partial charge in [0.05, 0.1) is 6.61 Å². The van der Waals surface area contributed by atoms with Crippen LogP contribution in [0, 0.1) is 0 Å². The predicted molar refractivity (Wildman–Crippen MR) is 129 cm³/mol. The first kappa shape index (κ1) is 21.2. The van der Waals surface area contributed by atoms with Gasteiger partial charge in [-0.2, -0.15) is 0 Å². The number of rotatable bonds is 6. The third-order valence-electron chi connectivity index (χ3n) is 6.88. The minimum atomic E-state index is -0.0872. The lowest BCUT2D eigenvalue weighted by molar-refractivity contribution is 0.0767. The van der Waals surface area contributed by atoms with E-state index in [0.717, 1.165) is 41.3 Å². The lowest BCUT2D eigenvalue weighted by Gasteiger charge is -2.43. The van der Waals surface area contributed by atoms with Gasteiger partial charge in [-0.1, -0.05) is 30.7 Å². The highest BCUT2D eigenvalue weighted by Gasteiger charge is 2.42. The van der Waals surface area contributed by atoms with Crippen LogP contribution >= 0.6 is 0 Å². The Morgan fingerprint density at radius 2 is 1.85 bits per heavy atom. The van der Waals surface area contributed by atoms with E-state index in [1.807, 2.05) is 18.2 Å². The molecule has 1 saturated carbocycles. The number of nitrogen functional groups attached to an aromatic ring is 1. The summed E-state index contributed by atoms with van der Waals surface area (Å²) in [6, 6.07) is 14.4. The van der Waals surface area contributed by atoms with Crippen molar-refractivity contribution in [2.45, 2.75) is 24.7 Å². The van der Waals surface area contributed by atoms with Crippen LogP contribution in [0.15, 0.2) is 61.1 Å². The Morgan fingerprint density at radius 3 is 2.48 bits per heavy atom. The molecule has 1 aliphatic carbocycles. The Kier molecular flexibility index (Phi) is 5.34. The number of H-pyrrole nitrogens is 1. The summed E-state index contributed by atoms with van der Waals surface area (Å²) >= 11 is 0. The van der Waals surface area contributed by atoms with Crippen LogP contribution in [-0.2, 0) is 5.41 Å². The highest BCUT2D eigenvalue weighted by molar-refractivity contribution is 5.99. The number of aromatic amines is 1. The highest BCUT2D eigenvalue weighted by Crippen LogP contribution is 2.51. The molecule has 2 heterocycles. The molecule has 4 N–H and O–H groups in total. The van der Waals surface area contributed by atoms with Crippen LogP contribution in [0.25, 0.3) is 22.0 Å². The van der Waals surface area contributed by atoms with Gasteiger partial charge >= 0.3 is 0 Å². The quantitative estimate of drug-likeness (QED) is 0.422. The molecule has 0 unspecified atom stereocenters. The molecule has 0 atom stereocenters. The molecular weight excluding hydrogens is 414 g/mol. The van der Waals surface area contributed by atoms with Gasteiger partial charge in [0, 0.05) is 59.6 Å². The van der Waals surface area contributed by atoms with E-state index < -0.39 is 0 Å². The van der Waals surface area contributed by atoms with Gasteiger partial charge in [-0.05, 0) is 47.7 Å². The molecule has 2 aromatic heterocycles. The number of fused-ring (bicyclic) bond motifs is 1. The van der Waals surface area contributed by atoms with Crippen LogP contribution < -0.4 is 5.73 Å². The second-order valence-corrected chi connectivity index (χ2v) is 8.76. The molecular formula is C26H27N5O2. The lowest BCUT2D eigenvalue weighted by Crippen LogP contribution is -2.35. The van der Waals surface area contributed by atoms with Crippen molar-refractivity contribution in [3.05, 3.63) is 77.7 Å². The summed E-state index contributed by atoms with van der Waals surface area (Å²) < 4.78 is 0. The molecule has 0 aliphatic heterocycles. The summed E-state index contributed by atoms with van der Waals surface area (Å²) in [5.74, 6) is 0.180. The van der Waals surface area contributed by atoms with Gasteiger partial charge < -0.3 is 20.7 Å². The number of carbonyl (C=O) groups excluding carboxylic acids is 1. The van der Waals surface area contributed by atoms with Crippen LogP contribution in [0.1, 0.15) is 40.7 Å². The van der Waals surface area contributed by atoms with Crippen LogP contribution in [0.4, 0.5) is 5.95 Å². The number of benzene rings is 2. The molecule has 2 aromatic carbocycles. The average molecular weight is 442 g/mol. The van der Waals surface area contributed by atoms with E-state index >= 15 is 0 Å². The first-order chi connectivity index (χ1) is 16.0. The van der Waals surface area contributed by atoms with Crippen LogP contribution in [0.3, 0.4) is 0 Å². The number of hydrogen-bond donors (Lipinski definition) is 3. The average Bonchev–Trinajstić information content (AvgIpc) is 3.22. The molecule has 168 valence electrons. The van der Waals surface area contributed by atoms with Crippen molar-refractivity contribution in [2.75, 3.05) is 25.9 Å². The third-order valence-corrected chi connectivity index (χ3v) is 6.88. The van der Waals surface area contributed by atoms with Crippen molar-refractivity contribution in [1.29, 1.82) is 0 Å². The maximum Gasteiger partial charge on any atom is 0.253 e. The molecule has 0 spiro atoms. The van der Waals surface area contributed by atoms with E-state index in [-0.39, 0.29) is 23.9 Å². The van der Waals surface area contributed by atoms with Crippen molar-refractivity contribution in [2.24, 2.45) is 0 Å². The molecule has 5 rings (SSSR count). The maximum atomic E-state index is 12.8. The number of aliphatic hydroxyl groups excluding tert-OH is 1. The first-order valence-corrected chi connectivity index (χ1v) is 11.2. The molecule has 1 fully saturated rings. The Hall–Kier alpha value is -3.71.